The number of esters is 1. The summed E-state index contributed by atoms with van der Waals surface area (Å²) >= 11 is 0. The Bertz CT molecular complexity index is 323. The molecule has 5 nitrogen and oxygen atoms in total. The first-order chi connectivity index (χ1) is 13.1. The number of aliphatic hydroxyl groups is 2. The fourth-order valence-electron chi connectivity index (χ4n) is 3.21. The molecule has 0 aromatic heterocycles. The van der Waals surface area contributed by atoms with Crippen LogP contribution in [-0.4, -0.2) is 35.2 Å². The molecule has 0 spiro atoms. The predicted octanol–water partition coefficient (Wildman–Crippen LogP) is 5.04. The minimum absolute atomic E-state index is 0.00654. The number of hydrogen-bond acceptors (Lipinski definition) is 5. The summed E-state index contributed by atoms with van der Waals surface area (Å²) in [6.45, 7) is 3.95. The summed E-state index contributed by atoms with van der Waals surface area (Å²) in [5.74, 6) is -0.225. The van der Waals surface area contributed by atoms with Gasteiger partial charge in [-0.1, -0.05) is 96.8 Å². The van der Waals surface area contributed by atoms with Crippen LogP contribution in [0.1, 0.15) is 117 Å². The van der Waals surface area contributed by atoms with Crippen LogP contribution in [0.4, 0.5) is 0 Å². The topological polar surface area (TPSA) is 78.8 Å². The molecule has 1 atom stereocenters. The van der Waals surface area contributed by atoms with Gasteiger partial charge in [0.25, 0.3) is 0 Å². The molecule has 0 heterocycles. The Morgan fingerprint density at radius 2 is 1.19 bits per heavy atom. The SMILES string of the molecule is CCCCCCCCCCCCCCCCCC(=O)OC(C)NCC(O)O. The number of ether oxygens (including phenoxy) is 1. The van der Waals surface area contributed by atoms with Gasteiger partial charge in [-0.25, -0.2) is 0 Å². The van der Waals surface area contributed by atoms with Crippen LogP contribution >= 0.6 is 0 Å². The lowest BCUT2D eigenvalue weighted by Gasteiger charge is -2.15. The van der Waals surface area contributed by atoms with Gasteiger partial charge in [0.05, 0.1) is 0 Å². The van der Waals surface area contributed by atoms with Crippen molar-refractivity contribution >= 4 is 5.97 Å². The molecule has 0 aromatic rings. The highest BCUT2D eigenvalue weighted by atomic mass is 16.6. The maximum absolute atomic E-state index is 11.6. The Morgan fingerprint density at radius 1 is 0.778 bits per heavy atom. The van der Waals surface area contributed by atoms with Crippen molar-refractivity contribution in [2.75, 3.05) is 6.54 Å². The molecule has 162 valence electrons. The van der Waals surface area contributed by atoms with E-state index in [2.05, 4.69) is 12.2 Å². The number of nitrogens with one attached hydrogen (secondary N) is 1. The first-order valence-electron chi connectivity index (χ1n) is 11.3. The van der Waals surface area contributed by atoms with Gasteiger partial charge >= 0.3 is 5.97 Å². The zero-order valence-corrected chi connectivity index (χ0v) is 17.9. The normalized spacial score (nSPS) is 12.5. The molecule has 5 heteroatoms. The number of carbonyl (C=O) groups is 1. The summed E-state index contributed by atoms with van der Waals surface area (Å²) in [6.07, 6.45) is 18.1. The van der Waals surface area contributed by atoms with E-state index in [1.807, 2.05) is 0 Å². The average molecular weight is 388 g/mol. The van der Waals surface area contributed by atoms with Gasteiger partial charge in [-0.3, -0.25) is 10.1 Å². The van der Waals surface area contributed by atoms with Crippen LogP contribution in [0.3, 0.4) is 0 Å². The lowest BCUT2D eigenvalue weighted by Crippen LogP contribution is -2.36. The van der Waals surface area contributed by atoms with E-state index in [4.69, 9.17) is 14.9 Å². The van der Waals surface area contributed by atoms with Crippen LogP contribution < -0.4 is 5.32 Å². The number of carbonyl (C=O) groups excluding carboxylic acids is 1. The molecule has 27 heavy (non-hydrogen) atoms. The van der Waals surface area contributed by atoms with E-state index in [0.29, 0.717) is 6.42 Å². The number of aliphatic hydroxyl groups excluding tert-OH is 1. The van der Waals surface area contributed by atoms with Crippen LogP contribution in [0.25, 0.3) is 0 Å². The highest BCUT2D eigenvalue weighted by molar-refractivity contribution is 5.69. The van der Waals surface area contributed by atoms with Gasteiger partial charge in [0, 0.05) is 13.0 Å². The molecule has 0 bridgehead atoms. The Morgan fingerprint density at radius 3 is 1.59 bits per heavy atom. The second kappa shape index (κ2) is 20.1. The van der Waals surface area contributed by atoms with Crippen molar-refractivity contribution in [3.63, 3.8) is 0 Å². The fraction of sp³-hybridized carbons (Fsp3) is 0.955. The van der Waals surface area contributed by atoms with Crippen LogP contribution in [0, 0.1) is 0 Å². The first kappa shape index (κ1) is 26.4. The van der Waals surface area contributed by atoms with Gasteiger partial charge in [-0.15, -0.1) is 0 Å². The number of rotatable bonds is 20. The van der Waals surface area contributed by atoms with Gasteiger partial charge in [0.15, 0.2) is 12.5 Å². The second-order valence-electron chi connectivity index (χ2n) is 7.72. The Labute approximate surface area is 167 Å². The van der Waals surface area contributed by atoms with Gasteiger partial charge in [-0.2, -0.15) is 0 Å². The van der Waals surface area contributed by atoms with Crippen LogP contribution in [0.5, 0.6) is 0 Å². The molecular weight excluding hydrogens is 342 g/mol. The third-order valence-corrected chi connectivity index (χ3v) is 4.88. The summed E-state index contributed by atoms with van der Waals surface area (Å²) in [6, 6.07) is 0. The lowest BCUT2D eigenvalue weighted by molar-refractivity contribution is -0.151. The van der Waals surface area contributed by atoms with Gasteiger partial charge < -0.3 is 14.9 Å². The van der Waals surface area contributed by atoms with Gasteiger partial charge in [-0.05, 0) is 13.3 Å². The maximum atomic E-state index is 11.6. The first-order valence-corrected chi connectivity index (χ1v) is 11.3. The number of hydrogen-bond donors (Lipinski definition) is 3. The van der Waals surface area contributed by atoms with Crippen molar-refractivity contribution in [1.29, 1.82) is 0 Å². The molecule has 1 unspecified atom stereocenters. The lowest BCUT2D eigenvalue weighted by atomic mass is 10.0. The highest BCUT2D eigenvalue weighted by Gasteiger charge is 2.09. The highest BCUT2D eigenvalue weighted by Crippen LogP contribution is 2.13. The van der Waals surface area contributed by atoms with E-state index in [1.54, 1.807) is 6.92 Å². The van der Waals surface area contributed by atoms with Crippen molar-refractivity contribution in [2.45, 2.75) is 129 Å². The summed E-state index contributed by atoms with van der Waals surface area (Å²) < 4.78 is 5.15. The van der Waals surface area contributed by atoms with E-state index in [-0.39, 0.29) is 12.5 Å². The van der Waals surface area contributed by atoms with E-state index < -0.39 is 12.5 Å². The van der Waals surface area contributed by atoms with E-state index in [1.165, 1.54) is 83.5 Å². The van der Waals surface area contributed by atoms with Gasteiger partial charge in [0.2, 0.25) is 0 Å². The van der Waals surface area contributed by atoms with Gasteiger partial charge in [0.1, 0.15) is 0 Å². The minimum atomic E-state index is -1.43. The summed E-state index contributed by atoms with van der Waals surface area (Å²) in [4.78, 5) is 11.6. The molecule has 0 aromatic carbocycles. The van der Waals surface area contributed by atoms with Crippen LogP contribution in [-0.2, 0) is 9.53 Å². The van der Waals surface area contributed by atoms with E-state index >= 15 is 0 Å². The summed E-state index contributed by atoms with van der Waals surface area (Å²) in [5, 5.41) is 20.2. The van der Waals surface area contributed by atoms with Crippen LogP contribution in [0.15, 0.2) is 0 Å². The average Bonchev–Trinajstić information content (AvgIpc) is 2.63. The van der Waals surface area contributed by atoms with Crippen LogP contribution in [0.2, 0.25) is 0 Å². The molecule has 0 saturated carbocycles. The zero-order valence-electron chi connectivity index (χ0n) is 17.9. The molecule has 3 N–H and O–H groups in total. The standard InChI is InChI=1S/C22H45NO4/c1-3-4-5-6-7-8-9-10-11-12-13-14-15-16-17-18-22(26)27-20(2)23-19-21(24)25/h20-21,23-25H,3-19H2,1-2H3. The summed E-state index contributed by atoms with van der Waals surface area (Å²) in [5.41, 5.74) is 0. The molecule has 0 aliphatic carbocycles. The van der Waals surface area contributed by atoms with Crippen molar-refractivity contribution < 1.29 is 19.7 Å². The molecule has 0 aliphatic rings. The molecule has 0 saturated heterocycles. The predicted molar refractivity (Wildman–Crippen MR) is 111 cm³/mol. The van der Waals surface area contributed by atoms with E-state index in [0.717, 1.165) is 12.8 Å². The Hall–Kier alpha value is -0.650. The van der Waals surface area contributed by atoms with E-state index in [9.17, 15) is 4.79 Å². The fourth-order valence-corrected chi connectivity index (χ4v) is 3.21. The maximum Gasteiger partial charge on any atom is 0.307 e. The third-order valence-electron chi connectivity index (χ3n) is 4.88. The van der Waals surface area contributed by atoms with Crippen molar-refractivity contribution in [3.8, 4) is 0 Å². The Kier molecular flexibility index (Phi) is 19.6. The smallest absolute Gasteiger partial charge is 0.307 e. The third kappa shape index (κ3) is 21.5. The molecule has 0 aliphatic heterocycles. The molecule has 0 amide bonds. The zero-order chi connectivity index (χ0) is 20.2. The second-order valence-corrected chi connectivity index (χ2v) is 7.72. The number of unbranched alkanes of at least 4 members (excludes halogenated alkanes) is 14. The van der Waals surface area contributed by atoms with Crippen molar-refractivity contribution in [3.05, 3.63) is 0 Å². The molecule has 0 radical (unpaired) electrons. The molecular formula is C22H45NO4. The quantitative estimate of drug-likeness (QED) is 0.155. The van der Waals surface area contributed by atoms with Crippen molar-refractivity contribution in [2.24, 2.45) is 0 Å². The molecule has 0 fully saturated rings. The van der Waals surface area contributed by atoms with Crippen molar-refractivity contribution in [1.82, 2.24) is 5.32 Å². The molecule has 0 rings (SSSR count). The monoisotopic (exact) mass is 387 g/mol. The Balaban J connectivity index is 3.23. The largest absolute Gasteiger partial charge is 0.447 e. The minimum Gasteiger partial charge on any atom is -0.447 e. The summed E-state index contributed by atoms with van der Waals surface area (Å²) in [7, 11) is 0.